The Labute approximate surface area is 137 Å². The van der Waals surface area contributed by atoms with Gasteiger partial charge < -0.3 is 14.2 Å². The molecule has 0 saturated carbocycles. The van der Waals surface area contributed by atoms with E-state index >= 15 is 0 Å². The number of hydrogen-bond acceptors (Lipinski definition) is 3. The maximum Gasteiger partial charge on any atom is 0.222 e. The number of benzene rings is 2. The van der Waals surface area contributed by atoms with Gasteiger partial charge in [-0.1, -0.05) is 55.1 Å². The minimum atomic E-state index is -0.392. The van der Waals surface area contributed by atoms with Crippen LogP contribution in [0, 0.1) is 0 Å². The van der Waals surface area contributed by atoms with E-state index < -0.39 is 6.29 Å². The van der Waals surface area contributed by atoms with Crippen molar-refractivity contribution in [2.45, 2.75) is 31.8 Å². The molecule has 0 spiro atoms. The van der Waals surface area contributed by atoms with Gasteiger partial charge in [0.1, 0.15) is 5.75 Å². The van der Waals surface area contributed by atoms with Crippen LogP contribution in [0.3, 0.4) is 0 Å². The number of para-hydroxylation sites is 1. The minimum Gasteiger partial charge on any atom is -0.461 e. The maximum atomic E-state index is 5.99. The summed E-state index contributed by atoms with van der Waals surface area (Å²) in [5.41, 5.74) is 2.15. The van der Waals surface area contributed by atoms with Crippen LogP contribution in [0.25, 0.3) is 0 Å². The molecule has 0 bridgehead atoms. The monoisotopic (exact) mass is 310 g/mol. The van der Waals surface area contributed by atoms with Gasteiger partial charge in [0.25, 0.3) is 0 Å². The molecule has 1 saturated heterocycles. The second-order valence-electron chi connectivity index (χ2n) is 5.72. The van der Waals surface area contributed by atoms with Crippen LogP contribution in [-0.4, -0.2) is 19.0 Å². The van der Waals surface area contributed by atoms with Crippen LogP contribution in [0.15, 0.2) is 72.8 Å². The van der Waals surface area contributed by atoms with Crippen molar-refractivity contribution in [3.63, 3.8) is 0 Å². The highest BCUT2D eigenvalue weighted by Crippen LogP contribution is 2.26. The first kappa shape index (κ1) is 15.8. The first-order valence-corrected chi connectivity index (χ1v) is 7.98. The third-order valence-electron chi connectivity index (χ3n) is 3.84. The molecule has 120 valence electrons. The van der Waals surface area contributed by atoms with Gasteiger partial charge in [-0.2, -0.15) is 0 Å². The number of rotatable bonds is 6. The number of hydrogen-bond donors (Lipinski definition) is 0. The maximum absolute atomic E-state index is 5.99. The van der Waals surface area contributed by atoms with E-state index in [4.69, 9.17) is 14.2 Å². The lowest BCUT2D eigenvalue weighted by Crippen LogP contribution is -2.35. The molecule has 0 radical (unpaired) electrons. The van der Waals surface area contributed by atoms with Crippen molar-refractivity contribution in [3.8, 4) is 5.75 Å². The fourth-order valence-electron chi connectivity index (χ4n) is 2.54. The normalized spacial score (nSPS) is 21.1. The molecule has 3 nitrogen and oxygen atoms in total. The molecule has 23 heavy (non-hydrogen) atoms. The zero-order chi connectivity index (χ0) is 15.9. The summed E-state index contributed by atoms with van der Waals surface area (Å²) in [5.74, 6) is 0.796. The van der Waals surface area contributed by atoms with Crippen LogP contribution in [0.2, 0.25) is 0 Å². The molecule has 3 rings (SSSR count). The van der Waals surface area contributed by atoms with Crippen LogP contribution in [-0.2, 0) is 16.1 Å². The molecule has 0 aliphatic carbocycles. The smallest absolute Gasteiger partial charge is 0.222 e. The Kier molecular flexibility index (Phi) is 5.46. The Morgan fingerprint density at radius 1 is 1.00 bits per heavy atom. The molecule has 0 amide bonds. The summed E-state index contributed by atoms with van der Waals surface area (Å²) < 4.78 is 17.7. The van der Waals surface area contributed by atoms with Crippen LogP contribution in [0.1, 0.15) is 18.4 Å². The number of ether oxygens (including phenoxy) is 3. The molecule has 0 N–H and O–H groups in total. The quantitative estimate of drug-likeness (QED) is 0.743. The van der Waals surface area contributed by atoms with Gasteiger partial charge >= 0.3 is 0 Å². The van der Waals surface area contributed by atoms with Crippen LogP contribution < -0.4 is 4.74 Å². The van der Waals surface area contributed by atoms with E-state index in [1.165, 1.54) is 5.56 Å². The molecule has 1 heterocycles. The van der Waals surface area contributed by atoms with Crippen molar-refractivity contribution in [1.29, 1.82) is 0 Å². The van der Waals surface area contributed by atoms with Crippen molar-refractivity contribution >= 4 is 0 Å². The fraction of sp³-hybridized carbons (Fsp3) is 0.300. The Hall–Kier alpha value is -2.10. The molecule has 1 aliphatic rings. The summed E-state index contributed by atoms with van der Waals surface area (Å²) in [6.45, 7) is 5.23. The zero-order valence-corrected chi connectivity index (χ0v) is 13.2. The molecule has 1 aliphatic heterocycles. The lowest BCUT2D eigenvalue weighted by molar-refractivity contribution is -0.138. The highest BCUT2D eigenvalue weighted by atomic mass is 16.7. The molecule has 3 heteroatoms. The standard InChI is InChI=1S/C20H22O3/c1-16-12-13-19(15-21-14-17-8-4-2-5-9-17)23-20(16)22-18-10-6-3-7-11-18/h2-11,19-20H,1,12-15H2. The molecule has 1 fully saturated rings. The van der Waals surface area contributed by atoms with E-state index in [-0.39, 0.29) is 6.10 Å². The zero-order valence-electron chi connectivity index (χ0n) is 13.2. The van der Waals surface area contributed by atoms with Crippen molar-refractivity contribution in [1.82, 2.24) is 0 Å². The van der Waals surface area contributed by atoms with Crippen LogP contribution in [0.5, 0.6) is 5.75 Å². The Morgan fingerprint density at radius 2 is 1.70 bits per heavy atom. The van der Waals surface area contributed by atoms with Crippen LogP contribution in [0.4, 0.5) is 0 Å². The SMILES string of the molecule is C=C1CCC(COCc2ccccc2)OC1Oc1ccccc1. The van der Waals surface area contributed by atoms with Crippen molar-refractivity contribution in [3.05, 3.63) is 78.4 Å². The van der Waals surface area contributed by atoms with Gasteiger partial charge in [-0.05, 0) is 36.1 Å². The molecule has 0 aromatic heterocycles. The largest absolute Gasteiger partial charge is 0.461 e. The Bertz CT molecular complexity index is 609. The minimum absolute atomic E-state index is 0.0397. The van der Waals surface area contributed by atoms with E-state index in [0.29, 0.717) is 13.2 Å². The molecule has 2 aromatic rings. The van der Waals surface area contributed by atoms with Gasteiger partial charge in [0.05, 0.1) is 19.3 Å². The van der Waals surface area contributed by atoms with Gasteiger partial charge in [-0.15, -0.1) is 0 Å². The average molecular weight is 310 g/mol. The summed E-state index contributed by atoms with van der Waals surface area (Å²) in [6.07, 6.45) is 1.47. The van der Waals surface area contributed by atoms with Crippen molar-refractivity contribution < 1.29 is 14.2 Å². The first-order chi connectivity index (χ1) is 11.3. The van der Waals surface area contributed by atoms with Crippen LogP contribution >= 0.6 is 0 Å². The highest BCUT2D eigenvalue weighted by molar-refractivity contribution is 5.22. The molecular formula is C20H22O3. The van der Waals surface area contributed by atoms with Gasteiger partial charge in [-0.25, -0.2) is 0 Å². The summed E-state index contributed by atoms with van der Waals surface area (Å²) in [5, 5.41) is 0. The van der Waals surface area contributed by atoms with Gasteiger partial charge in [0, 0.05) is 0 Å². The average Bonchev–Trinajstić information content (AvgIpc) is 2.60. The summed E-state index contributed by atoms with van der Waals surface area (Å²) in [7, 11) is 0. The third-order valence-corrected chi connectivity index (χ3v) is 3.84. The predicted octanol–water partition coefficient (Wildman–Crippen LogP) is 4.34. The fourth-order valence-corrected chi connectivity index (χ4v) is 2.54. The van der Waals surface area contributed by atoms with Gasteiger partial charge in [0.15, 0.2) is 0 Å². The van der Waals surface area contributed by atoms with E-state index in [2.05, 4.69) is 18.7 Å². The summed E-state index contributed by atoms with van der Waals surface area (Å²) in [6, 6.07) is 19.9. The predicted molar refractivity (Wildman–Crippen MR) is 90.2 cm³/mol. The Balaban J connectivity index is 1.48. The first-order valence-electron chi connectivity index (χ1n) is 7.98. The second-order valence-corrected chi connectivity index (χ2v) is 5.72. The van der Waals surface area contributed by atoms with Crippen molar-refractivity contribution in [2.75, 3.05) is 6.61 Å². The second kappa shape index (κ2) is 7.95. The lowest BCUT2D eigenvalue weighted by Gasteiger charge is -2.31. The molecular weight excluding hydrogens is 288 g/mol. The molecule has 2 atom stereocenters. The van der Waals surface area contributed by atoms with Crippen molar-refractivity contribution in [2.24, 2.45) is 0 Å². The third kappa shape index (κ3) is 4.68. The Morgan fingerprint density at radius 3 is 2.43 bits per heavy atom. The van der Waals surface area contributed by atoms with Gasteiger partial charge in [0.2, 0.25) is 6.29 Å². The summed E-state index contributed by atoms with van der Waals surface area (Å²) in [4.78, 5) is 0. The van der Waals surface area contributed by atoms with E-state index in [9.17, 15) is 0 Å². The highest BCUT2D eigenvalue weighted by Gasteiger charge is 2.26. The molecule has 2 aromatic carbocycles. The van der Waals surface area contributed by atoms with Gasteiger partial charge in [-0.3, -0.25) is 0 Å². The lowest BCUT2D eigenvalue weighted by atomic mass is 10.0. The van der Waals surface area contributed by atoms with E-state index in [1.54, 1.807) is 0 Å². The summed E-state index contributed by atoms with van der Waals surface area (Å²) >= 11 is 0. The van der Waals surface area contributed by atoms with E-state index in [1.807, 2.05) is 48.5 Å². The topological polar surface area (TPSA) is 27.7 Å². The van der Waals surface area contributed by atoms with E-state index in [0.717, 1.165) is 24.2 Å². The molecule has 2 unspecified atom stereocenters.